The summed E-state index contributed by atoms with van der Waals surface area (Å²) in [6.07, 6.45) is -3.56. The molecule has 0 unspecified atom stereocenters. The van der Waals surface area contributed by atoms with Crippen molar-refractivity contribution in [2.75, 3.05) is 35.8 Å². The van der Waals surface area contributed by atoms with E-state index in [4.69, 9.17) is 4.74 Å². The van der Waals surface area contributed by atoms with Crippen molar-refractivity contribution in [3.05, 3.63) is 53.7 Å². The molecule has 2 aromatic carbocycles. The number of fused-ring (bicyclic) bond motifs is 1. The summed E-state index contributed by atoms with van der Waals surface area (Å²) in [4.78, 5) is 0. The van der Waals surface area contributed by atoms with Gasteiger partial charge in [0, 0.05) is 17.1 Å². The van der Waals surface area contributed by atoms with Gasteiger partial charge in [0.2, 0.25) is 0 Å². The number of sulfone groups is 1. The zero-order valence-corrected chi connectivity index (χ0v) is 23.3. The fourth-order valence-corrected chi connectivity index (χ4v) is 6.17. The highest BCUT2D eigenvalue weighted by atomic mass is 32.2. The summed E-state index contributed by atoms with van der Waals surface area (Å²) < 4.78 is 70.7. The lowest BCUT2D eigenvalue weighted by atomic mass is 9.86. The maximum Gasteiger partial charge on any atom is 0.406 e. The maximum absolute atomic E-state index is 13.5. The lowest BCUT2D eigenvalue weighted by Gasteiger charge is -2.24. The summed E-state index contributed by atoms with van der Waals surface area (Å²) in [5.41, 5.74) is 1.99. The van der Waals surface area contributed by atoms with Gasteiger partial charge in [-0.3, -0.25) is 0 Å². The molecule has 1 aliphatic heterocycles. The van der Waals surface area contributed by atoms with Gasteiger partial charge in [0.1, 0.15) is 22.1 Å². The van der Waals surface area contributed by atoms with Crippen LogP contribution in [0.5, 0.6) is 5.75 Å². The minimum Gasteiger partial charge on any atom is -0.495 e. The highest BCUT2D eigenvalue weighted by Gasteiger charge is 2.30. The largest absolute Gasteiger partial charge is 0.495 e. The molecule has 0 aliphatic carbocycles. The Hall–Kier alpha value is -3.83. The van der Waals surface area contributed by atoms with Crippen LogP contribution in [0.3, 0.4) is 0 Å². The number of methoxy groups -OCH3 is 1. The fraction of sp³-hybridized carbons (Fsp3) is 0.414. The Labute approximate surface area is 232 Å². The van der Waals surface area contributed by atoms with Crippen LogP contribution in [0.4, 0.5) is 24.5 Å². The van der Waals surface area contributed by atoms with Gasteiger partial charge in [0.05, 0.1) is 53.5 Å². The quantitative estimate of drug-likeness (QED) is 0.365. The molecule has 0 spiro atoms. The standard InChI is InChI=1S/C29H31F3N4O3S/c1-28(2,18-33)20-9-10-25(27(16-20)39-3)34-13-5-6-22-17-23-24(35-21-11-14-40(37,38)15-12-21)7-4-8-26(23)36(22)19-29(30,31)32/h4,7-10,16-17,21,34-35H,11-15,19H2,1-3H3. The molecule has 0 saturated carbocycles. The van der Waals surface area contributed by atoms with E-state index in [0.29, 0.717) is 40.9 Å². The van der Waals surface area contributed by atoms with Gasteiger partial charge in [-0.15, -0.1) is 0 Å². The summed E-state index contributed by atoms with van der Waals surface area (Å²) in [7, 11) is -1.52. The molecular weight excluding hydrogens is 541 g/mol. The first-order valence-corrected chi connectivity index (χ1v) is 14.6. The van der Waals surface area contributed by atoms with Crippen molar-refractivity contribution in [3.8, 4) is 23.7 Å². The Kier molecular flexibility index (Phi) is 8.27. The van der Waals surface area contributed by atoms with Gasteiger partial charge in [-0.25, -0.2) is 8.42 Å². The molecule has 0 bridgehead atoms. The number of alkyl halides is 3. The Morgan fingerprint density at radius 2 is 1.82 bits per heavy atom. The molecule has 0 amide bonds. The number of nitrogens with one attached hydrogen (secondary N) is 2. The fourth-order valence-electron chi connectivity index (χ4n) is 4.68. The third-order valence-electron chi connectivity index (χ3n) is 6.98. The minimum atomic E-state index is -4.45. The number of nitriles is 1. The molecule has 2 heterocycles. The van der Waals surface area contributed by atoms with Crippen molar-refractivity contribution < 1.29 is 26.3 Å². The third-order valence-corrected chi connectivity index (χ3v) is 8.70. The number of hydrogen-bond acceptors (Lipinski definition) is 6. The molecule has 3 aromatic rings. The lowest BCUT2D eigenvalue weighted by Crippen LogP contribution is -2.32. The normalized spacial score (nSPS) is 15.6. The van der Waals surface area contributed by atoms with Gasteiger partial charge < -0.3 is 19.9 Å². The van der Waals surface area contributed by atoms with Crippen LogP contribution >= 0.6 is 0 Å². The van der Waals surface area contributed by atoms with E-state index in [1.807, 2.05) is 6.07 Å². The molecule has 7 nitrogen and oxygen atoms in total. The monoisotopic (exact) mass is 572 g/mol. The van der Waals surface area contributed by atoms with Gasteiger partial charge in [-0.1, -0.05) is 18.1 Å². The first kappa shape index (κ1) is 29.2. The zero-order valence-electron chi connectivity index (χ0n) is 22.5. The second-order valence-electron chi connectivity index (χ2n) is 10.3. The zero-order chi connectivity index (χ0) is 29.1. The highest BCUT2D eigenvalue weighted by Crippen LogP contribution is 2.33. The number of anilines is 2. The third kappa shape index (κ3) is 6.83. The topological polar surface area (TPSA) is 96.2 Å². The number of nitrogens with zero attached hydrogens (tertiary/aromatic N) is 2. The van der Waals surface area contributed by atoms with Crippen molar-refractivity contribution in [1.82, 2.24) is 4.57 Å². The van der Waals surface area contributed by atoms with Crippen LogP contribution in [0.25, 0.3) is 10.9 Å². The van der Waals surface area contributed by atoms with E-state index in [1.165, 1.54) is 7.11 Å². The highest BCUT2D eigenvalue weighted by molar-refractivity contribution is 7.91. The number of hydrogen-bond donors (Lipinski definition) is 2. The molecular formula is C29H31F3N4O3S. The molecule has 0 atom stereocenters. The molecule has 212 valence electrons. The Bertz CT molecular complexity index is 1600. The minimum absolute atomic E-state index is 0.0843. The summed E-state index contributed by atoms with van der Waals surface area (Å²) >= 11 is 0. The molecule has 40 heavy (non-hydrogen) atoms. The van der Waals surface area contributed by atoms with Crippen LogP contribution in [0.1, 0.15) is 37.9 Å². The van der Waals surface area contributed by atoms with E-state index in [2.05, 4.69) is 28.5 Å². The van der Waals surface area contributed by atoms with Crippen LogP contribution in [0.15, 0.2) is 42.5 Å². The molecule has 1 fully saturated rings. The molecule has 4 rings (SSSR count). The number of aromatic nitrogens is 1. The predicted octanol–water partition coefficient (Wildman–Crippen LogP) is 5.47. The second-order valence-corrected chi connectivity index (χ2v) is 12.7. The van der Waals surface area contributed by atoms with E-state index in [1.54, 1.807) is 50.2 Å². The molecule has 11 heteroatoms. The SMILES string of the molecule is COc1cc(C(C)(C)C#N)ccc1NCC#Cc1cc2c(NC3CCS(=O)(=O)CC3)cccc2n1CC(F)(F)F. The number of ether oxygens (including phenoxy) is 1. The van der Waals surface area contributed by atoms with Gasteiger partial charge in [-0.2, -0.15) is 18.4 Å². The first-order chi connectivity index (χ1) is 18.8. The molecule has 1 aliphatic rings. The first-order valence-electron chi connectivity index (χ1n) is 12.8. The van der Waals surface area contributed by atoms with Crippen molar-refractivity contribution >= 4 is 32.1 Å². The number of benzene rings is 2. The summed E-state index contributed by atoms with van der Waals surface area (Å²) in [6, 6.07) is 14.3. The second kappa shape index (κ2) is 11.3. The van der Waals surface area contributed by atoms with Crippen LogP contribution in [-0.4, -0.2) is 50.4 Å². The van der Waals surface area contributed by atoms with E-state index < -0.39 is 28.0 Å². The summed E-state index contributed by atoms with van der Waals surface area (Å²) in [5, 5.41) is 16.5. The average Bonchev–Trinajstić information content (AvgIpc) is 3.24. The van der Waals surface area contributed by atoms with Crippen molar-refractivity contribution in [2.45, 2.75) is 50.9 Å². The lowest BCUT2D eigenvalue weighted by molar-refractivity contribution is -0.140. The van der Waals surface area contributed by atoms with Crippen LogP contribution in [-0.2, 0) is 21.8 Å². The van der Waals surface area contributed by atoms with Crippen LogP contribution < -0.4 is 15.4 Å². The molecule has 1 saturated heterocycles. The molecule has 2 N–H and O–H groups in total. The van der Waals surface area contributed by atoms with Crippen molar-refractivity contribution in [2.24, 2.45) is 0 Å². The van der Waals surface area contributed by atoms with E-state index in [9.17, 15) is 26.9 Å². The molecule has 0 radical (unpaired) electrons. The Morgan fingerprint density at radius 3 is 2.48 bits per heavy atom. The van der Waals surface area contributed by atoms with Crippen LogP contribution in [0, 0.1) is 23.2 Å². The summed E-state index contributed by atoms with van der Waals surface area (Å²) in [5.74, 6) is 6.49. The summed E-state index contributed by atoms with van der Waals surface area (Å²) in [6.45, 7) is 2.57. The van der Waals surface area contributed by atoms with E-state index in [0.717, 1.165) is 10.1 Å². The van der Waals surface area contributed by atoms with E-state index in [-0.39, 0.29) is 29.8 Å². The molecule has 1 aromatic heterocycles. The Balaban J connectivity index is 1.59. The van der Waals surface area contributed by atoms with Crippen molar-refractivity contribution in [3.63, 3.8) is 0 Å². The average molecular weight is 573 g/mol. The van der Waals surface area contributed by atoms with Gasteiger partial charge >= 0.3 is 6.18 Å². The van der Waals surface area contributed by atoms with Crippen molar-refractivity contribution in [1.29, 1.82) is 5.26 Å². The maximum atomic E-state index is 13.5. The Morgan fingerprint density at radius 1 is 1.10 bits per heavy atom. The van der Waals surface area contributed by atoms with E-state index >= 15 is 0 Å². The van der Waals surface area contributed by atoms with Gasteiger partial charge in [0.25, 0.3) is 0 Å². The number of rotatable bonds is 7. The van der Waals surface area contributed by atoms with Gasteiger partial charge in [-0.05, 0) is 68.5 Å². The predicted molar refractivity (Wildman–Crippen MR) is 150 cm³/mol. The number of halogens is 3. The smallest absolute Gasteiger partial charge is 0.406 e. The van der Waals surface area contributed by atoms with Gasteiger partial charge in [0.15, 0.2) is 0 Å². The van der Waals surface area contributed by atoms with Crippen LogP contribution in [0.2, 0.25) is 0 Å².